The predicted octanol–water partition coefficient (Wildman–Crippen LogP) is 3.90. The van der Waals surface area contributed by atoms with Crippen molar-refractivity contribution in [2.24, 2.45) is 24.3 Å². The first-order valence-electron chi connectivity index (χ1n) is 10.6. The topological polar surface area (TPSA) is 83.6 Å². The average Bonchev–Trinajstić information content (AvgIpc) is 3.69. The Morgan fingerprint density at radius 2 is 2.10 bits per heavy atom. The first-order valence-corrected chi connectivity index (χ1v) is 10.6. The van der Waals surface area contributed by atoms with Crippen LogP contribution in [0.4, 0.5) is 5.82 Å². The Labute approximate surface area is 174 Å². The number of carbonyl (C=O) groups is 1. The summed E-state index contributed by atoms with van der Waals surface area (Å²) in [6.45, 7) is 2.10. The van der Waals surface area contributed by atoms with E-state index < -0.39 is 0 Å². The van der Waals surface area contributed by atoms with Gasteiger partial charge in [-0.05, 0) is 59.2 Å². The molecule has 0 unspecified atom stereocenters. The van der Waals surface area contributed by atoms with Gasteiger partial charge in [0.2, 0.25) is 5.91 Å². The molecule has 0 radical (unpaired) electrons. The van der Waals surface area contributed by atoms with Gasteiger partial charge in [0, 0.05) is 36.7 Å². The van der Waals surface area contributed by atoms with Gasteiger partial charge in [0.1, 0.15) is 5.82 Å². The third kappa shape index (κ3) is 2.38. The molecule has 0 aliphatic heterocycles. The van der Waals surface area contributed by atoms with Gasteiger partial charge in [-0.25, -0.2) is 4.98 Å². The molecule has 1 aromatic carbocycles. The molecule has 3 aliphatic rings. The minimum absolute atomic E-state index is 0.00646. The summed E-state index contributed by atoms with van der Waals surface area (Å²) in [5.74, 6) is 1.02. The zero-order valence-corrected chi connectivity index (χ0v) is 17.1. The van der Waals surface area contributed by atoms with Crippen LogP contribution in [-0.2, 0) is 17.3 Å². The Kier molecular flexibility index (Phi) is 3.35. The average molecular weight is 397 g/mol. The Balaban J connectivity index is 1.24. The molecule has 1 N–H and O–H groups in total. The van der Waals surface area contributed by atoms with Crippen molar-refractivity contribution in [1.82, 2.24) is 14.8 Å². The Morgan fingerprint density at radius 1 is 1.27 bits per heavy atom. The van der Waals surface area contributed by atoms with Crippen LogP contribution in [0.15, 0.2) is 42.9 Å². The van der Waals surface area contributed by atoms with Crippen LogP contribution >= 0.6 is 0 Å². The molecule has 6 nitrogen and oxygen atoms in total. The van der Waals surface area contributed by atoms with E-state index in [0.29, 0.717) is 11.7 Å². The molecule has 0 bridgehead atoms. The second kappa shape index (κ2) is 5.69. The van der Waals surface area contributed by atoms with E-state index in [4.69, 9.17) is 0 Å². The quantitative estimate of drug-likeness (QED) is 0.724. The number of amides is 1. The number of nitrogens with zero attached hydrogens (tertiary/aromatic N) is 4. The molecule has 4 atom stereocenters. The van der Waals surface area contributed by atoms with E-state index in [0.717, 1.165) is 41.2 Å². The maximum Gasteiger partial charge on any atom is 0.229 e. The monoisotopic (exact) mass is 397 g/mol. The molecule has 3 saturated carbocycles. The highest BCUT2D eigenvalue weighted by Crippen LogP contribution is 2.78. The van der Waals surface area contributed by atoms with Gasteiger partial charge in [-0.2, -0.15) is 10.4 Å². The highest BCUT2D eigenvalue weighted by Gasteiger charge is 2.75. The smallest absolute Gasteiger partial charge is 0.229 e. The molecule has 150 valence electrons. The van der Waals surface area contributed by atoms with Crippen LogP contribution < -0.4 is 5.32 Å². The lowest BCUT2D eigenvalue weighted by Gasteiger charge is -2.11. The van der Waals surface area contributed by atoms with Gasteiger partial charge in [0.15, 0.2) is 0 Å². The van der Waals surface area contributed by atoms with Gasteiger partial charge in [-0.3, -0.25) is 9.48 Å². The first-order chi connectivity index (χ1) is 14.5. The zero-order chi connectivity index (χ0) is 20.7. The van der Waals surface area contributed by atoms with Crippen LogP contribution in [0.1, 0.15) is 43.2 Å². The maximum absolute atomic E-state index is 12.9. The molecule has 2 heterocycles. The Hall–Kier alpha value is -3.20. The number of aryl methyl sites for hydroxylation is 1. The van der Waals surface area contributed by atoms with Crippen molar-refractivity contribution in [3.63, 3.8) is 0 Å². The van der Waals surface area contributed by atoms with Crippen molar-refractivity contribution in [2.45, 2.75) is 37.5 Å². The molecule has 6 heteroatoms. The van der Waals surface area contributed by atoms with Crippen molar-refractivity contribution in [2.75, 3.05) is 5.32 Å². The van der Waals surface area contributed by atoms with Crippen molar-refractivity contribution in [3.8, 4) is 6.07 Å². The van der Waals surface area contributed by atoms with E-state index in [-0.39, 0.29) is 28.6 Å². The molecule has 6 rings (SSSR count). The normalized spacial score (nSPS) is 30.1. The molecule has 3 fully saturated rings. The molecule has 30 heavy (non-hydrogen) atoms. The summed E-state index contributed by atoms with van der Waals surface area (Å²) >= 11 is 0. The summed E-state index contributed by atoms with van der Waals surface area (Å²) in [6.07, 6.45) is 8.93. The van der Waals surface area contributed by atoms with E-state index in [1.807, 2.05) is 31.6 Å². The number of pyridine rings is 1. The second-order valence-corrected chi connectivity index (χ2v) is 9.45. The number of fused-ring (bicyclic) bond motifs is 1. The van der Waals surface area contributed by atoms with Crippen molar-refractivity contribution >= 4 is 22.5 Å². The van der Waals surface area contributed by atoms with Crippen molar-refractivity contribution < 1.29 is 4.79 Å². The van der Waals surface area contributed by atoms with Gasteiger partial charge in [0.25, 0.3) is 0 Å². The molecule has 3 aliphatic carbocycles. The van der Waals surface area contributed by atoms with E-state index >= 15 is 0 Å². The summed E-state index contributed by atoms with van der Waals surface area (Å²) < 4.78 is 1.78. The maximum atomic E-state index is 12.9. The molecule has 2 aromatic heterocycles. The minimum Gasteiger partial charge on any atom is -0.310 e. The van der Waals surface area contributed by atoms with E-state index in [2.05, 4.69) is 40.5 Å². The fraction of sp³-hybridized carbons (Fsp3) is 0.417. The largest absolute Gasteiger partial charge is 0.310 e. The molecule has 1 amide bonds. The minimum atomic E-state index is -0.311. The Bertz CT molecular complexity index is 1250. The number of nitrogens with one attached hydrogen (secondary N) is 1. The van der Waals surface area contributed by atoms with Crippen molar-refractivity contribution in [1.29, 1.82) is 5.26 Å². The standard InChI is InChI=1S/C24H23N5O/c1-14-20(17-10-27-29(2)11-17)21(14)22(30)28-19-8-16-7-18(4-3-15(16)9-26-19)24(13-25)12-23(24)5-6-23/h3-4,7-11,14,20-21H,5-6,12H2,1-2H3,(H,26,28,30)/t14-,20+,21-,24+/m0/s1. The molecule has 0 saturated heterocycles. The van der Waals surface area contributed by atoms with Crippen molar-refractivity contribution in [3.05, 3.63) is 54.0 Å². The second-order valence-electron chi connectivity index (χ2n) is 9.45. The number of carbonyl (C=O) groups excluding carboxylic acids is 1. The number of nitriles is 1. The van der Waals surface area contributed by atoms with Crippen LogP contribution in [0.25, 0.3) is 10.8 Å². The van der Waals surface area contributed by atoms with E-state index in [1.54, 1.807) is 10.9 Å². The van der Waals surface area contributed by atoms with E-state index in [1.165, 1.54) is 0 Å². The number of hydrogen-bond acceptors (Lipinski definition) is 4. The summed E-state index contributed by atoms with van der Waals surface area (Å²) in [7, 11) is 1.89. The van der Waals surface area contributed by atoms with E-state index in [9.17, 15) is 10.1 Å². The molecule has 3 aromatic rings. The van der Waals surface area contributed by atoms with Crippen LogP contribution in [0.2, 0.25) is 0 Å². The van der Waals surface area contributed by atoms with Gasteiger partial charge in [-0.1, -0.05) is 19.1 Å². The number of hydrogen-bond donors (Lipinski definition) is 1. The van der Waals surface area contributed by atoms with Gasteiger partial charge in [-0.15, -0.1) is 0 Å². The highest BCUT2D eigenvalue weighted by atomic mass is 16.2. The third-order valence-electron chi connectivity index (χ3n) is 7.69. The summed E-state index contributed by atoms with van der Waals surface area (Å²) in [6, 6.07) is 10.7. The van der Waals surface area contributed by atoms with Crippen LogP contribution in [-0.4, -0.2) is 20.7 Å². The summed E-state index contributed by atoms with van der Waals surface area (Å²) in [4.78, 5) is 17.3. The number of benzene rings is 1. The highest BCUT2D eigenvalue weighted by molar-refractivity contribution is 5.96. The van der Waals surface area contributed by atoms with Crippen LogP contribution in [0.3, 0.4) is 0 Å². The molecular weight excluding hydrogens is 374 g/mol. The summed E-state index contributed by atoms with van der Waals surface area (Å²) in [5.41, 5.74) is 2.14. The third-order valence-corrected chi connectivity index (χ3v) is 7.69. The fourth-order valence-electron chi connectivity index (χ4n) is 5.52. The molecular formula is C24H23N5O. The van der Waals surface area contributed by atoms with Crippen LogP contribution in [0, 0.1) is 28.6 Å². The van der Waals surface area contributed by atoms with Gasteiger partial charge in [0.05, 0.1) is 17.7 Å². The number of anilines is 1. The van der Waals surface area contributed by atoms with Crippen LogP contribution in [0.5, 0.6) is 0 Å². The first kappa shape index (κ1) is 17.6. The fourth-order valence-corrected chi connectivity index (χ4v) is 5.52. The lowest BCUT2D eigenvalue weighted by atomic mass is 9.92. The van der Waals surface area contributed by atoms with Gasteiger partial charge >= 0.3 is 0 Å². The summed E-state index contributed by atoms with van der Waals surface area (Å²) in [5, 5.41) is 19.1. The SMILES string of the molecule is C[C@@H]1[C@H](C(=O)Nc2cc3cc([C@]4(C#N)CC45CC5)ccc3cn2)[C@H]1c1cnn(C)c1. The predicted molar refractivity (Wildman–Crippen MR) is 113 cm³/mol. The zero-order valence-electron chi connectivity index (χ0n) is 17.1. The molecule has 1 spiro atoms. The lowest BCUT2D eigenvalue weighted by molar-refractivity contribution is -0.117. The number of rotatable bonds is 4. The Morgan fingerprint density at radius 3 is 2.77 bits per heavy atom. The van der Waals surface area contributed by atoms with Gasteiger partial charge < -0.3 is 5.32 Å². The number of aromatic nitrogens is 3. The lowest BCUT2D eigenvalue weighted by Crippen LogP contribution is -2.16.